The maximum absolute atomic E-state index is 5.62. The van der Waals surface area contributed by atoms with Gasteiger partial charge in [-0.1, -0.05) is 26.7 Å². The molecule has 4 heteroatoms. The van der Waals surface area contributed by atoms with Crippen molar-refractivity contribution < 1.29 is 9.47 Å². The van der Waals surface area contributed by atoms with Crippen molar-refractivity contribution in [3.8, 4) is 0 Å². The van der Waals surface area contributed by atoms with Gasteiger partial charge in [-0.15, -0.1) is 0 Å². The summed E-state index contributed by atoms with van der Waals surface area (Å²) in [5.41, 5.74) is 0. The van der Waals surface area contributed by atoms with E-state index in [4.69, 9.17) is 9.47 Å². The lowest BCUT2D eigenvalue weighted by Gasteiger charge is -2.41. The number of nitrogens with zero attached hydrogens (tertiary/aromatic N) is 1. The highest BCUT2D eigenvalue weighted by molar-refractivity contribution is 4.97. The number of hydrogen-bond acceptors (Lipinski definition) is 4. The highest BCUT2D eigenvalue weighted by Crippen LogP contribution is 2.33. The van der Waals surface area contributed by atoms with E-state index in [0.29, 0.717) is 12.1 Å². The summed E-state index contributed by atoms with van der Waals surface area (Å²) in [6.45, 7) is 7.62. The first-order chi connectivity index (χ1) is 10.2. The zero-order valence-corrected chi connectivity index (χ0v) is 14.3. The summed E-state index contributed by atoms with van der Waals surface area (Å²) in [5, 5.41) is 3.72. The fourth-order valence-electron chi connectivity index (χ4n) is 4.30. The van der Waals surface area contributed by atoms with E-state index in [9.17, 15) is 0 Å². The fraction of sp³-hybridized carbons (Fsp3) is 1.00. The molecular formula is C17H34N2O2. The maximum Gasteiger partial charge on any atom is 0.0971 e. The van der Waals surface area contributed by atoms with Crippen molar-refractivity contribution in [1.82, 2.24) is 10.2 Å². The smallest absolute Gasteiger partial charge is 0.0971 e. The number of nitrogens with one attached hydrogen (secondary N) is 1. The van der Waals surface area contributed by atoms with E-state index in [-0.39, 0.29) is 12.2 Å². The average Bonchev–Trinajstić information content (AvgIpc) is 2.92. The Labute approximate surface area is 130 Å². The predicted molar refractivity (Wildman–Crippen MR) is 86.7 cm³/mol. The van der Waals surface area contributed by atoms with Crippen LogP contribution in [0.15, 0.2) is 0 Å². The Morgan fingerprint density at radius 2 is 1.71 bits per heavy atom. The second-order valence-corrected chi connectivity index (χ2v) is 6.70. The molecule has 0 amide bonds. The van der Waals surface area contributed by atoms with Crippen molar-refractivity contribution in [2.24, 2.45) is 5.92 Å². The molecule has 0 aromatic heterocycles. The van der Waals surface area contributed by atoms with Gasteiger partial charge in [0, 0.05) is 39.4 Å². The summed E-state index contributed by atoms with van der Waals surface area (Å²) >= 11 is 0. The highest BCUT2D eigenvalue weighted by Gasteiger charge is 2.41. The Morgan fingerprint density at radius 3 is 2.24 bits per heavy atom. The Hall–Kier alpha value is -0.160. The van der Waals surface area contributed by atoms with Gasteiger partial charge < -0.3 is 14.8 Å². The first kappa shape index (κ1) is 17.2. The molecule has 124 valence electrons. The lowest BCUT2D eigenvalue weighted by atomic mass is 9.79. The van der Waals surface area contributed by atoms with Gasteiger partial charge in [-0.2, -0.15) is 0 Å². The van der Waals surface area contributed by atoms with Gasteiger partial charge in [0.1, 0.15) is 0 Å². The molecule has 2 aliphatic rings. The van der Waals surface area contributed by atoms with Gasteiger partial charge in [0.15, 0.2) is 0 Å². The van der Waals surface area contributed by atoms with Crippen molar-refractivity contribution in [3.63, 3.8) is 0 Å². The van der Waals surface area contributed by atoms with Crippen LogP contribution in [0.2, 0.25) is 0 Å². The molecule has 1 aliphatic carbocycles. The molecule has 0 aromatic carbocycles. The van der Waals surface area contributed by atoms with Gasteiger partial charge in [0.05, 0.1) is 12.2 Å². The zero-order valence-electron chi connectivity index (χ0n) is 14.3. The van der Waals surface area contributed by atoms with Gasteiger partial charge in [0.2, 0.25) is 0 Å². The summed E-state index contributed by atoms with van der Waals surface area (Å²) in [4.78, 5) is 2.62. The number of rotatable bonds is 7. The number of likely N-dealkylation sites (tertiary alicyclic amines) is 1. The number of hydrogen-bond donors (Lipinski definition) is 1. The second-order valence-electron chi connectivity index (χ2n) is 6.70. The van der Waals surface area contributed by atoms with Crippen LogP contribution >= 0.6 is 0 Å². The first-order valence-electron chi connectivity index (χ1n) is 8.76. The van der Waals surface area contributed by atoms with Crippen molar-refractivity contribution in [2.45, 2.75) is 70.2 Å². The van der Waals surface area contributed by atoms with E-state index >= 15 is 0 Å². The maximum atomic E-state index is 5.62. The Kier molecular flexibility index (Phi) is 6.93. The van der Waals surface area contributed by atoms with Crippen LogP contribution in [-0.4, -0.2) is 63.0 Å². The van der Waals surface area contributed by atoms with Crippen LogP contribution in [0.3, 0.4) is 0 Å². The lowest BCUT2D eigenvalue weighted by molar-refractivity contribution is -0.00461. The summed E-state index contributed by atoms with van der Waals surface area (Å²) in [7, 11) is 3.62. The summed E-state index contributed by atoms with van der Waals surface area (Å²) < 4.78 is 11.2. The van der Waals surface area contributed by atoms with Crippen LogP contribution in [0.5, 0.6) is 0 Å². The van der Waals surface area contributed by atoms with Gasteiger partial charge in [-0.25, -0.2) is 0 Å². The molecule has 1 saturated heterocycles. The van der Waals surface area contributed by atoms with Crippen LogP contribution in [0.1, 0.15) is 46.0 Å². The standard InChI is InChI=1S/C17H34N2O2/c1-5-7-13-8-9-14(18-6-2)15(10-13)19-11-16(20-3)17(12-19)21-4/h13-18H,5-12H2,1-4H3. The largest absolute Gasteiger partial charge is 0.377 e. The number of likely N-dealkylation sites (N-methyl/N-ethyl adjacent to an activating group) is 1. The normalized spacial score (nSPS) is 38.0. The van der Waals surface area contributed by atoms with Crippen molar-refractivity contribution >= 4 is 0 Å². The van der Waals surface area contributed by atoms with Crippen LogP contribution in [0.4, 0.5) is 0 Å². The number of ether oxygens (including phenoxy) is 2. The van der Waals surface area contributed by atoms with Crippen molar-refractivity contribution in [3.05, 3.63) is 0 Å². The molecule has 21 heavy (non-hydrogen) atoms. The Morgan fingerprint density at radius 1 is 1.05 bits per heavy atom. The minimum absolute atomic E-state index is 0.226. The van der Waals surface area contributed by atoms with E-state index in [1.54, 1.807) is 0 Å². The van der Waals surface area contributed by atoms with Gasteiger partial charge in [-0.3, -0.25) is 4.90 Å². The quantitative estimate of drug-likeness (QED) is 0.782. The Bertz CT molecular complexity index is 289. The summed E-state index contributed by atoms with van der Waals surface area (Å²) in [6, 6.07) is 1.28. The molecule has 0 bridgehead atoms. The molecule has 5 atom stereocenters. The average molecular weight is 298 g/mol. The second kappa shape index (κ2) is 8.47. The third-order valence-corrected chi connectivity index (χ3v) is 5.41. The van der Waals surface area contributed by atoms with Gasteiger partial charge in [0.25, 0.3) is 0 Å². The van der Waals surface area contributed by atoms with E-state index < -0.39 is 0 Å². The van der Waals surface area contributed by atoms with Gasteiger partial charge in [-0.05, 0) is 31.7 Å². The molecule has 1 heterocycles. The highest BCUT2D eigenvalue weighted by atomic mass is 16.5. The van der Waals surface area contributed by atoms with E-state index in [1.807, 2.05) is 14.2 Å². The van der Waals surface area contributed by atoms with E-state index in [2.05, 4.69) is 24.1 Å². The summed E-state index contributed by atoms with van der Waals surface area (Å²) in [6.07, 6.45) is 7.17. The van der Waals surface area contributed by atoms with Gasteiger partial charge >= 0.3 is 0 Å². The van der Waals surface area contributed by atoms with Crippen molar-refractivity contribution in [2.75, 3.05) is 33.9 Å². The molecule has 1 saturated carbocycles. The van der Waals surface area contributed by atoms with Crippen LogP contribution in [-0.2, 0) is 9.47 Å². The molecule has 1 aliphatic heterocycles. The molecule has 2 fully saturated rings. The SMILES string of the molecule is CCCC1CCC(NCC)C(N2CC(OC)C(OC)C2)C1. The van der Waals surface area contributed by atoms with E-state index in [1.165, 1.54) is 32.1 Å². The molecule has 0 aromatic rings. The lowest BCUT2D eigenvalue weighted by Crippen LogP contribution is -2.53. The number of methoxy groups -OCH3 is 2. The fourth-order valence-corrected chi connectivity index (χ4v) is 4.30. The Balaban J connectivity index is 2.01. The molecule has 0 spiro atoms. The predicted octanol–water partition coefficient (Wildman–Crippen LogP) is 2.28. The van der Waals surface area contributed by atoms with Crippen LogP contribution < -0.4 is 5.32 Å². The summed E-state index contributed by atoms with van der Waals surface area (Å²) in [5.74, 6) is 0.900. The minimum atomic E-state index is 0.226. The third-order valence-electron chi connectivity index (χ3n) is 5.41. The molecule has 1 N–H and O–H groups in total. The third kappa shape index (κ3) is 4.19. The van der Waals surface area contributed by atoms with Crippen LogP contribution in [0, 0.1) is 5.92 Å². The van der Waals surface area contributed by atoms with Crippen LogP contribution in [0.25, 0.3) is 0 Å². The first-order valence-corrected chi connectivity index (χ1v) is 8.76. The zero-order chi connectivity index (χ0) is 15.2. The monoisotopic (exact) mass is 298 g/mol. The molecular weight excluding hydrogens is 264 g/mol. The molecule has 0 radical (unpaired) electrons. The molecule has 4 nitrogen and oxygen atoms in total. The van der Waals surface area contributed by atoms with Crippen molar-refractivity contribution in [1.29, 1.82) is 0 Å². The molecule has 2 rings (SSSR count). The minimum Gasteiger partial charge on any atom is -0.377 e. The molecule has 5 unspecified atom stereocenters. The topological polar surface area (TPSA) is 33.7 Å². The van der Waals surface area contributed by atoms with E-state index in [0.717, 1.165) is 25.6 Å².